The van der Waals surface area contributed by atoms with Crippen molar-refractivity contribution >= 4 is 11.9 Å². The monoisotopic (exact) mass is 210 g/mol. The molecule has 0 atom stereocenters. The summed E-state index contributed by atoms with van der Waals surface area (Å²) in [5.74, 6) is -2.19. The van der Waals surface area contributed by atoms with Crippen LogP contribution in [0.15, 0.2) is 18.2 Å². The van der Waals surface area contributed by atoms with Crippen molar-refractivity contribution in [1.29, 1.82) is 0 Å². The summed E-state index contributed by atoms with van der Waals surface area (Å²) >= 11 is 0. The molecule has 1 rings (SSSR count). The fraction of sp³-hybridized carbons (Fsp3) is 0.200. The Bertz CT molecular complexity index is 397. The third kappa shape index (κ3) is 2.54. The van der Waals surface area contributed by atoms with Crippen LogP contribution in [0.25, 0.3) is 0 Å². The zero-order valence-electron chi connectivity index (χ0n) is 8.06. The maximum atomic E-state index is 10.8. The Hall–Kier alpha value is -1.88. The van der Waals surface area contributed by atoms with Gasteiger partial charge in [-0.25, -0.2) is 9.59 Å². The lowest BCUT2D eigenvalue weighted by atomic mass is 10.0. The molecule has 15 heavy (non-hydrogen) atoms. The van der Waals surface area contributed by atoms with Gasteiger partial charge >= 0.3 is 11.9 Å². The zero-order valence-corrected chi connectivity index (χ0v) is 8.06. The Balaban J connectivity index is 3.20. The van der Waals surface area contributed by atoms with E-state index in [4.69, 9.17) is 14.9 Å². The van der Waals surface area contributed by atoms with Gasteiger partial charge in [-0.1, -0.05) is 0 Å². The predicted molar refractivity (Wildman–Crippen MR) is 51.1 cm³/mol. The third-order valence-electron chi connectivity index (χ3n) is 1.88. The Morgan fingerprint density at radius 2 is 1.93 bits per heavy atom. The van der Waals surface area contributed by atoms with Crippen molar-refractivity contribution in [3.05, 3.63) is 34.9 Å². The van der Waals surface area contributed by atoms with Crippen LogP contribution in [0.5, 0.6) is 0 Å². The number of ether oxygens (including phenoxy) is 1. The summed E-state index contributed by atoms with van der Waals surface area (Å²) in [7, 11) is 1.42. The van der Waals surface area contributed by atoms with Crippen LogP contribution in [0, 0.1) is 0 Å². The number of hydrogen-bond acceptors (Lipinski definition) is 3. The summed E-state index contributed by atoms with van der Waals surface area (Å²) in [4.78, 5) is 21.4. The van der Waals surface area contributed by atoms with E-state index in [-0.39, 0.29) is 17.7 Å². The Morgan fingerprint density at radius 1 is 1.27 bits per heavy atom. The SMILES string of the molecule is COCc1cc(C(=O)O)ccc1C(=O)O. The van der Waals surface area contributed by atoms with E-state index in [9.17, 15) is 9.59 Å². The van der Waals surface area contributed by atoms with Crippen molar-refractivity contribution in [2.45, 2.75) is 6.61 Å². The van der Waals surface area contributed by atoms with E-state index in [2.05, 4.69) is 0 Å². The van der Waals surface area contributed by atoms with Crippen LogP contribution in [0.2, 0.25) is 0 Å². The molecule has 0 aliphatic rings. The fourth-order valence-corrected chi connectivity index (χ4v) is 1.21. The molecule has 80 valence electrons. The molecule has 0 aliphatic heterocycles. The first kappa shape index (κ1) is 11.2. The maximum Gasteiger partial charge on any atom is 0.336 e. The molecular formula is C10H10O5. The van der Waals surface area contributed by atoms with Crippen LogP contribution in [0.1, 0.15) is 26.3 Å². The smallest absolute Gasteiger partial charge is 0.336 e. The molecule has 0 unspecified atom stereocenters. The minimum absolute atomic E-state index is 0.0482. The highest BCUT2D eigenvalue weighted by Crippen LogP contribution is 2.13. The molecule has 0 aliphatic carbocycles. The van der Waals surface area contributed by atoms with Gasteiger partial charge in [-0.2, -0.15) is 0 Å². The fourth-order valence-electron chi connectivity index (χ4n) is 1.21. The Kier molecular flexibility index (Phi) is 3.41. The molecule has 0 fully saturated rings. The second-order valence-corrected chi connectivity index (χ2v) is 2.92. The van der Waals surface area contributed by atoms with E-state index in [0.717, 1.165) is 0 Å². The average molecular weight is 210 g/mol. The van der Waals surface area contributed by atoms with Gasteiger partial charge in [-0.05, 0) is 23.8 Å². The van der Waals surface area contributed by atoms with Gasteiger partial charge in [0, 0.05) is 7.11 Å². The second-order valence-electron chi connectivity index (χ2n) is 2.92. The quantitative estimate of drug-likeness (QED) is 0.780. The van der Waals surface area contributed by atoms with Crippen molar-refractivity contribution in [3.8, 4) is 0 Å². The largest absolute Gasteiger partial charge is 0.478 e. The average Bonchev–Trinajstić information content (AvgIpc) is 2.17. The van der Waals surface area contributed by atoms with Gasteiger partial charge in [0.05, 0.1) is 17.7 Å². The molecule has 0 saturated heterocycles. The van der Waals surface area contributed by atoms with Crippen molar-refractivity contribution in [2.75, 3.05) is 7.11 Å². The lowest BCUT2D eigenvalue weighted by Crippen LogP contribution is -2.06. The Labute approximate surface area is 85.9 Å². The summed E-state index contributed by atoms with van der Waals surface area (Å²) in [6, 6.07) is 3.82. The van der Waals surface area contributed by atoms with Gasteiger partial charge in [0.2, 0.25) is 0 Å². The summed E-state index contributed by atoms with van der Waals surface area (Å²) in [6.45, 7) is 0.0722. The van der Waals surface area contributed by atoms with Gasteiger partial charge < -0.3 is 14.9 Å². The molecule has 2 N–H and O–H groups in total. The van der Waals surface area contributed by atoms with Gasteiger partial charge in [-0.3, -0.25) is 0 Å². The molecule has 0 amide bonds. The molecule has 1 aromatic rings. The highest BCUT2D eigenvalue weighted by atomic mass is 16.5. The highest BCUT2D eigenvalue weighted by molar-refractivity contribution is 5.93. The first-order valence-corrected chi connectivity index (χ1v) is 4.14. The Morgan fingerprint density at radius 3 is 2.40 bits per heavy atom. The van der Waals surface area contributed by atoms with Crippen molar-refractivity contribution in [1.82, 2.24) is 0 Å². The molecule has 0 radical (unpaired) electrons. The maximum absolute atomic E-state index is 10.8. The minimum atomic E-state index is -1.10. The zero-order chi connectivity index (χ0) is 11.4. The lowest BCUT2D eigenvalue weighted by Gasteiger charge is -2.05. The van der Waals surface area contributed by atoms with E-state index >= 15 is 0 Å². The van der Waals surface area contributed by atoms with Crippen LogP contribution < -0.4 is 0 Å². The van der Waals surface area contributed by atoms with Crippen LogP contribution in [-0.2, 0) is 11.3 Å². The number of benzene rings is 1. The molecule has 0 heterocycles. The van der Waals surface area contributed by atoms with E-state index in [1.807, 2.05) is 0 Å². The molecule has 0 spiro atoms. The first-order chi connectivity index (χ1) is 7.06. The van der Waals surface area contributed by atoms with Gasteiger partial charge in [-0.15, -0.1) is 0 Å². The standard InChI is InChI=1S/C10H10O5/c1-15-5-7-4-6(9(11)12)2-3-8(7)10(13)14/h2-4H,5H2,1H3,(H,11,12)(H,13,14). The summed E-state index contributed by atoms with van der Waals surface area (Å²) in [5.41, 5.74) is 0.457. The molecule has 0 aromatic heterocycles. The molecule has 0 saturated carbocycles. The molecular weight excluding hydrogens is 200 g/mol. The molecule has 5 nitrogen and oxygen atoms in total. The van der Waals surface area contributed by atoms with Gasteiger partial charge in [0.15, 0.2) is 0 Å². The number of carboxylic acids is 2. The van der Waals surface area contributed by atoms with Crippen LogP contribution in [0.4, 0.5) is 0 Å². The van der Waals surface area contributed by atoms with E-state index in [0.29, 0.717) is 5.56 Å². The number of methoxy groups -OCH3 is 1. The van der Waals surface area contributed by atoms with Crippen molar-refractivity contribution in [2.24, 2.45) is 0 Å². The van der Waals surface area contributed by atoms with Crippen LogP contribution >= 0.6 is 0 Å². The van der Waals surface area contributed by atoms with E-state index in [1.165, 1.54) is 25.3 Å². The molecule has 0 bridgehead atoms. The number of aromatic carboxylic acids is 2. The van der Waals surface area contributed by atoms with E-state index in [1.54, 1.807) is 0 Å². The highest BCUT2D eigenvalue weighted by Gasteiger charge is 2.12. The third-order valence-corrected chi connectivity index (χ3v) is 1.88. The molecule has 1 aromatic carbocycles. The molecule has 5 heteroatoms. The van der Waals surface area contributed by atoms with Crippen LogP contribution in [0.3, 0.4) is 0 Å². The van der Waals surface area contributed by atoms with Gasteiger partial charge in [0.1, 0.15) is 0 Å². The summed E-state index contributed by atoms with van der Waals surface area (Å²) in [6.07, 6.45) is 0. The summed E-state index contributed by atoms with van der Waals surface area (Å²) < 4.78 is 4.80. The van der Waals surface area contributed by atoms with Crippen molar-refractivity contribution < 1.29 is 24.5 Å². The predicted octanol–water partition coefficient (Wildman–Crippen LogP) is 1.23. The number of hydrogen-bond donors (Lipinski definition) is 2. The van der Waals surface area contributed by atoms with Crippen molar-refractivity contribution in [3.63, 3.8) is 0 Å². The summed E-state index contributed by atoms with van der Waals surface area (Å²) in [5, 5.41) is 17.5. The lowest BCUT2D eigenvalue weighted by molar-refractivity contribution is 0.0677. The second kappa shape index (κ2) is 4.56. The minimum Gasteiger partial charge on any atom is -0.478 e. The van der Waals surface area contributed by atoms with E-state index < -0.39 is 11.9 Å². The number of carboxylic acid groups (broad SMARTS) is 2. The topological polar surface area (TPSA) is 83.8 Å². The van der Waals surface area contributed by atoms with Gasteiger partial charge in [0.25, 0.3) is 0 Å². The normalized spacial score (nSPS) is 9.93. The number of carbonyl (C=O) groups is 2. The number of rotatable bonds is 4. The first-order valence-electron chi connectivity index (χ1n) is 4.14. The van der Waals surface area contributed by atoms with Crippen LogP contribution in [-0.4, -0.2) is 29.3 Å².